The van der Waals surface area contributed by atoms with Crippen LogP contribution in [0.1, 0.15) is 0 Å². The van der Waals surface area contributed by atoms with Gasteiger partial charge in [0, 0.05) is 31.1 Å². The Morgan fingerprint density at radius 3 is 1.25 bits per heavy atom. The second kappa shape index (κ2) is 8.83. The van der Waals surface area contributed by atoms with Crippen molar-refractivity contribution in [2.24, 2.45) is 0 Å². The summed E-state index contributed by atoms with van der Waals surface area (Å²) in [4.78, 5) is 0. The molecule has 18 valence electrons. The molecule has 0 aliphatic rings. The molecule has 0 N–H and O–H groups in total. The summed E-state index contributed by atoms with van der Waals surface area (Å²) in [7, 11) is 0. The van der Waals surface area contributed by atoms with Crippen LogP contribution in [0, 0.1) is 58.9 Å². The first-order valence-corrected chi connectivity index (χ1v) is 3.81. The van der Waals surface area contributed by atoms with E-state index in [1.165, 1.54) is 0 Å². The van der Waals surface area contributed by atoms with Crippen molar-refractivity contribution in [2.45, 2.75) is 0 Å². The number of hydrogen-bond donors (Lipinski definition) is 0. The van der Waals surface area contributed by atoms with Crippen LogP contribution >= 0.6 is 0 Å². The normalized spacial score (nSPS) is 2.00. The summed E-state index contributed by atoms with van der Waals surface area (Å²) in [5.74, 6) is 0. The molecule has 0 aromatic rings. The summed E-state index contributed by atoms with van der Waals surface area (Å²) in [5, 5.41) is 0. The summed E-state index contributed by atoms with van der Waals surface area (Å²) >= 11 is -2.51. The van der Waals surface area contributed by atoms with Crippen molar-refractivity contribution in [3.8, 4) is 0 Å². The monoisotopic (exact) mass is 508 g/mol. The summed E-state index contributed by atoms with van der Waals surface area (Å²) in [6, 6.07) is 0. The molecule has 0 fully saturated rings. The van der Waals surface area contributed by atoms with E-state index < -0.39 is 27.8 Å². The molecule has 0 aliphatic carbocycles. The van der Waals surface area contributed by atoms with Crippen LogP contribution in [-0.4, -0.2) is 0 Å². The predicted octanol–water partition coefficient (Wildman–Crippen LogP) is -0.238. The quantitative estimate of drug-likeness (QED) is 0.454. The largest absolute Gasteiger partial charge is 0 e. The van der Waals surface area contributed by atoms with E-state index in [-0.39, 0.29) is 31.1 Å². The van der Waals surface area contributed by atoms with Gasteiger partial charge in [0.05, 0.1) is 0 Å². The summed E-state index contributed by atoms with van der Waals surface area (Å²) in [5.41, 5.74) is 0. The van der Waals surface area contributed by atoms with Gasteiger partial charge in [0.15, 0.2) is 0 Å². The summed E-state index contributed by atoms with van der Waals surface area (Å²) in [6.07, 6.45) is 0. The van der Waals surface area contributed by atoms with Crippen LogP contribution in [0.5, 0.6) is 0 Å². The Bertz CT molecular complexity index is 25.0. The molecule has 0 aromatic carbocycles. The second-order valence-corrected chi connectivity index (χ2v) is 0.777. The van der Waals surface area contributed by atoms with Crippen LogP contribution in [0.3, 0.4) is 0 Å². The van der Waals surface area contributed by atoms with Crippen molar-refractivity contribution in [3.05, 3.63) is 0 Å². The zero-order chi connectivity index (χ0) is 2.71. The van der Waals surface area contributed by atoms with E-state index in [0.717, 1.165) is 0 Å². The first-order chi connectivity index (χ1) is 1.41. The van der Waals surface area contributed by atoms with Gasteiger partial charge in [-0.25, -0.2) is 0 Å². The SMILES string of the molecule is [O]=[U+2]=[O].[U]. The van der Waals surface area contributed by atoms with E-state index in [1.54, 1.807) is 0 Å². The van der Waals surface area contributed by atoms with Crippen molar-refractivity contribution < 1.29 is 63.4 Å². The fraction of sp³-hybridized carbons (Fsp3) is 0. The molecule has 4 heteroatoms. The predicted molar refractivity (Wildman–Crippen MR) is 1.37 cm³/mol. The first-order valence-electron chi connectivity index (χ1n) is 0.408. The van der Waals surface area contributed by atoms with Gasteiger partial charge in [-0.2, -0.15) is 0 Å². The third-order valence-corrected chi connectivity index (χ3v) is 0. The number of hydrogen-bond acceptors (Lipinski definition) is 2. The van der Waals surface area contributed by atoms with Crippen LogP contribution in [0.25, 0.3) is 0 Å². The van der Waals surface area contributed by atoms with E-state index >= 15 is 0 Å². The van der Waals surface area contributed by atoms with E-state index in [9.17, 15) is 0 Å². The number of rotatable bonds is 0. The Kier molecular flexibility index (Phi) is 20.3. The Morgan fingerprint density at radius 1 is 1.25 bits per heavy atom. The molecule has 0 unspecified atom stereocenters. The van der Waals surface area contributed by atoms with E-state index in [2.05, 4.69) is 0 Å². The fourth-order valence-corrected chi connectivity index (χ4v) is 0. The molecule has 0 aromatic heterocycles. The Balaban J connectivity index is 0. The van der Waals surface area contributed by atoms with Gasteiger partial charge in [0.2, 0.25) is 0 Å². The fourth-order valence-electron chi connectivity index (χ4n) is 0. The van der Waals surface area contributed by atoms with Crippen LogP contribution in [0.2, 0.25) is 0 Å². The third-order valence-electron chi connectivity index (χ3n) is 0. The smallest absolute Gasteiger partial charge is 0 e. The maximum Gasteiger partial charge on any atom is 0 e. The molecule has 2 nitrogen and oxygen atoms in total. The van der Waals surface area contributed by atoms with Gasteiger partial charge in [-0.1, -0.05) is 0 Å². The third kappa shape index (κ3) is 9.33. The van der Waals surface area contributed by atoms with Gasteiger partial charge in [-0.3, -0.25) is 0 Å². The molecule has 4 heavy (non-hydrogen) atoms. The van der Waals surface area contributed by atoms with Crippen molar-refractivity contribution in [2.75, 3.05) is 0 Å². The van der Waals surface area contributed by atoms with Gasteiger partial charge in [0.1, 0.15) is 0 Å². The minimum atomic E-state index is -2.51. The molecule has 0 atom stereocenters. The van der Waals surface area contributed by atoms with Crippen molar-refractivity contribution in [1.82, 2.24) is 0 Å². The molecule has 0 rings (SSSR count). The van der Waals surface area contributed by atoms with Gasteiger partial charge < -0.3 is 0 Å². The zero-order valence-corrected chi connectivity index (χ0v) is 10.1. The van der Waals surface area contributed by atoms with Gasteiger partial charge in [0.25, 0.3) is 0 Å². The average Bonchev–Trinajstić information content (AvgIpc) is 0.918. The molecule has 0 radical (unpaired) electrons. The standard InChI is InChI=1S/2O.2U/q;;;+2. The van der Waals surface area contributed by atoms with Crippen LogP contribution < -0.4 is 0 Å². The molecule has 0 aliphatic heterocycles. The van der Waals surface area contributed by atoms with Crippen molar-refractivity contribution in [3.63, 3.8) is 0 Å². The molecular weight excluding hydrogens is 508 g/mol. The van der Waals surface area contributed by atoms with Gasteiger partial charge >= 0.3 is 32.3 Å². The van der Waals surface area contributed by atoms with Crippen LogP contribution in [0.15, 0.2) is 0 Å². The maximum absolute atomic E-state index is 8.58. The molecule has 0 saturated heterocycles. The van der Waals surface area contributed by atoms with Crippen LogP contribution in [-0.2, 0) is 4.47 Å². The van der Waals surface area contributed by atoms with E-state index in [1.807, 2.05) is 0 Å². The minimum Gasteiger partial charge on any atom is 0 e. The Hall–Kier alpha value is 1.70. The average molecular weight is 508 g/mol. The molecule has 0 heterocycles. The van der Waals surface area contributed by atoms with Crippen molar-refractivity contribution >= 4 is 0 Å². The summed E-state index contributed by atoms with van der Waals surface area (Å²) in [6.45, 7) is 0. The van der Waals surface area contributed by atoms with E-state index in [4.69, 9.17) is 4.47 Å². The molecule has 0 saturated carbocycles. The first kappa shape index (κ1) is 9.20. The minimum absolute atomic E-state index is 0. The maximum atomic E-state index is 8.58. The molecular formula is O2U2+2. The van der Waals surface area contributed by atoms with Crippen molar-refractivity contribution in [1.29, 1.82) is 0 Å². The Labute approximate surface area is 62.3 Å². The molecule has 0 bridgehead atoms. The molecule has 0 amide bonds. The van der Waals surface area contributed by atoms with E-state index in [0.29, 0.717) is 0 Å². The zero-order valence-electron chi connectivity index (χ0n) is 1.82. The second-order valence-electron chi connectivity index (χ2n) is 0.0833. The topological polar surface area (TPSA) is 34.1 Å². The Morgan fingerprint density at radius 2 is 1.25 bits per heavy atom. The van der Waals surface area contributed by atoms with Crippen LogP contribution in [0.4, 0.5) is 0 Å². The summed E-state index contributed by atoms with van der Waals surface area (Å²) < 4.78 is 17.2. The van der Waals surface area contributed by atoms with Gasteiger partial charge in [-0.15, -0.1) is 0 Å². The van der Waals surface area contributed by atoms with Gasteiger partial charge in [-0.05, 0) is 0 Å². The molecule has 0 spiro atoms.